The molecule has 0 aliphatic carbocycles. The van der Waals surface area contributed by atoms with E-state index in [0.717, 1.165) is 36.4 Å². The number of halogens is 3. The lowest BCUT2D eigenvalue weighted by atomic mass is 10.1. The first-order chi connectivity index (χ1) is 13.3. The smallest absolute Gasteiger partial charge is 0.254 e. The molecule has 2 aromatic rings. The number of carbonyl (C=O) groups excluding carboxylic acids is 1. The van der Waals surface area contributed by atoms with Gasteiger partial charge >= 0.3 is 0 Å². The maximum Gasteiger partial charge on any atom is 0.254 e. The van der Waals surface area contributed by atoms with Crippen LogP contribution in [0.5, 0.6) is 0 Å². The first-order valence-corrected chi connectivity index (χ1v) is 9.82. The van der Waals surface area contributed by atoms with E-state index in [0.29, 0.717) is 0 Å². The van der Waals surface area contributed by atoms with Crippen molar-refractivity contribution in [2.45, 2.75) is 11.4 Å². The average molecular weight is 414 g/mol. The standard InChI is InChI=1S/C18H17F3N2O4S/c19-13-1-3-16(20)12(9-13)11-22-18(24)15-10-14(2-4-17(15)21)28(25,26)23-5-7-27-8-6-23/h1-4,9-10H,5-8,11H2,(H,22,24). The van der Waals surface area contributed by atoms with Gasteiger partial charge in [-0.1, -0.05) is 0 Å². The van der Waals surface area contributed by atoms with Crippen LogP contribution in [0.4, 0.5) is 13.2 Å². The Bertz CT molecular complexity index is 992. The van der Waals surface area contributed by atoms with Crippen molar-refractivity contribution in [2.75, 3.05) is 26.3 Å². The predicted octanol–water partition coefficient (Wildman–Crippen LogP) is 2.05. The van der Waals surface area contributed by atoms with Gasteiger partial charge < -0.3 is 10.1 Å². The summed E-state index contributed by atoms with van der Waals surface area (Å²) < 4.78 is 72.6. The lowest BCUT2D eigenvalue weighted by Gasteiger charge is -2.26. The number of rotatable bonds is 5. The van der Waals surface area contributed by atoms with E-state index in [1.807, 2.05) is 0 Å². The maximum absolute atomic E-state index is 14.1. The number of amides is 1. The molecule has 28 heavy (non-hydrogen) atoms. The van der Waals surface area contributed by atoms with Gasteiger partial charge in [0, 0.05) is 25.2 Å². The van der Waals surface area contributed by atoms with Gasteiger partial charge in [0.1, 0.15) is 17.5 Å². The number of benzene rings is 2. The van der Waals surface area contributed by atoms with Crippen LogP contribution in [0.25, 0.3) is 0 Å². The molecule has 1 amide bonds. The molecule has 0 atom stereocenters. The normalized spacial score (nSPS) is 15.4. The molecule has 2 aromatic carbocycles. The lowest BCUT2D eigenvalue weighted by Crippen LogP contribution is -2.40. The zero-order valence-corrected chi connectivity index (χ0v) is 15.4. The van der Waals surface area contributed by atoms with Crippen molar-refractivity contribution in [3.8, 4) is 0 Å². The fourth-order valence-electron chi connectivity index (χ4n) is 2.72. The van der Waals surface area contributed by atoms with Crippen LogP contribution in [-0.2, 0) is 21.3 Å². The van der Waals surface area contributed by atoms with E-state index in [1.54, 1.807) is 0 Å². The molecule has 1 N–H and O–H groups in total. The van der Waals surface area contributed by atoms with Crippen LogP contribution < -0.4 is 5.32 Å². The van der Waals surface area contributed by atoms with Crippen molar-refractivity contribution < 1.29 is 31.1 Å². The van der Waals surface area contributed by atoms with Crippen molar-refractivity contribution in [3.05, 3.63) is 65.0 Å². The van der Waals surface area contributed by atoms with E-state index in [1.165, 1.54) is 4.31 Å². The van der Waals surface area contributed by atoms with Gasteiger partial charge in [-0.15, -0.1) is 0 Å². The van der Waals surface area contributed by atoms with Crippen LogP contribution in [0.1, 0.15) is 15.9 Å². The first-order valence-electron chi connectivity index (χ1n) is 8.38. The number of nitrogens with zero attached hydrogens (tertiary/aromatic N) is 1. The maximum atomic E-state index is 14.1. The molecule has 3 rings (SSSR count). The zero-order valence-electron chi connectivity index (χ0n) is 14.6. The van der Waals surface area contributed by atoms with Gasteiger partial charge in [-0.2, -0.15) is 4.31 Å². The second-order valence-electron chi connectivity index (χ2n) is 6.08. The van der Waals surface area contributed by atoms with Gasteiger partial charge in [0.25, 0.3) is 5.91 Å². The molecule has 6 nitrogen and oxygen atoms in total. The van der Waals surface area contributed by atoms with Gasteiger partial charge in [0.15, 0.2) is 0 Å². The topological polar surface area (TPSA) is 75.7 Å². The zero-order chi connectivity index (χ0) is 20.3. The molecular formula is C18H17F3N2O4S. The third-order valence-corrected chi connectivity index (χ3v) is 6.13. The Morgan fingerprint density at radius 1 is 1.04 bits per heavy atom. The van der Waals surface area contributed by atoms with Crippen LogP contribution >= 0.6 is 0 Å². The molecule has 10 heteroatoms. The highest BCUT2D eigenvalue weighted by Crippen LogP contribution is 2.20. The van der Waals surface area contributed by atoms with Crippen LogP contribution in [-0.4, -0.2) is 44.9 Å². The van der Waals surface area contributed by atoms with Gasteiger partial charge in [0.05, 0.1) is 23.7 Å². The van der Waals surface area contributed by atoms with Crippen molar-refractivity contribution in [2.24, 2.45) is 0 Å². The van der Waals surface area contributed by atoms with Crippen LogP contribution in [0.3, 0.4) is 0 Å². The summed E-state index contributed by atoms with van der Waals surface area (Å²) in [5.41, 5.74) is -0.628. The second-order valence-corrected chi connectivity index (χ2v) is 8.01. The quantitative estimate of drug-likeness (QED) is 0.813. The van der Waals surface area contributed by atoms with E-state index < -0.39 is 38.9 Å². The highest BCUT2D eigenvalue weighted by atomic mass is 32.2. The third-order valence-electron chi connectivity index (χ3n) is 4.24. The number of morpholine rings is 1. The lowest BCUT2D eigenvalue weighted by molar-refractivity contribution is 0.0730. The molecule has 1 fully saturated rings. The van der Waals surface area contributed by atoms with E-state index >= 15 is 0 Å². The Morgan fingerprint density at radius 2 is 1.71 bits per heavy atom. The molecule has 0 spiro atoms. The summed E-state index contributed by atoms with van der Waals surface area (Å²) in [6.45, 7) is 0.405. The van der Waals surface area contributed by atoms with Gasteiger partial charge in [0.2, 0.25) is 10.0 Å². The van der Waals surface area contributed by atoms with Crippen LogP contribution in [0, 0.1) is 17.5 Å². The summed E-state index contributed by atoms with van der Waals surface area (Å²) >= 11 is 0. The summed E-state index contributed by atoms with van der Waals surface area (Å²) in [6.07, 6.45) is 0. The van der Waals surface area contributed by atoms with Crippen molar-refractivity contribution in [3.63, 3.8) is 0 Å². The number of hydrogen-bond donors (Lipinski definition) is 1. The summed E-state index contributed by atoms with van der Waals surface area (Å²) in [5.74, 6) is -3.29. The van der Waals surface area contributed by atoms with Crippen molar-refractivity contribution in [1.29, 1.82) is 0 Å². The third kappa shape index (κ3) is 4.34. The Morgan fingerprint density at radius 3 is 2.43 bits per heavy atom. The van der Waals surface area contributed by atoms with E-state index in [9.17, 15) is 26.4 Å². The molecule has 0 unspecified atom stereocenters. The fraction of sp³-hybridized carbons (Fsp3) is 0.278. The molecule has 1 aliphatic rings. The number of carbonyl (C=O) groups is 1. The monoisotopic (exact) mass is 414 g/mol. The minimum atomic E-state index is -3.92. The van der Waals surface area contributed by atoms with Crippen LogP contribution in [0.15, 0.2) is 41.3 Å². The minimum absolute atomic E-state index is 0.120. The Kier molecular flexibility index (Phi) is 6.01. The molecule has 1 heterocycles. The highest BCUT2D eigenvalue weighted by Gasteiger charge is 2.28. The summed E-state index contributed by atoms with van der Waals surface area (Å²) in [7, 11) is -3.92. The predicted molar refractivity (Wildman–Crippen MR) is 93.5 cm³/mol. The van der Waals surface area contributed by atoms with E-state index in [2.05, 4.69) is 5.32 Å². The molecular weight excluding hydrogens is 397 g/mol. The van der Waals surface area contributed by atoms with Gasteiger partial charge in [-0.3, -0.25) is 4.79 Å². The van der Waals surface area contributed by atoms with Gasteiger partial charge in [-0.05, 0) is 36.4 Å². The minimum Gasteiger partial charge on any atom is -0.379 e. The Balaban J connectivity index is 1.80. The SMILES string of the molecule is O=C(NCc1cc(F)ccc1F)c1cc(S(=O)(=O)N2CCOCC2)ccc1F. The number of hydrogen-bond acceptors (Lipinski definition) is 4. The molecule has 150 valence electrons. The average Bonchev–Trinajstić information content (AvgIpc) is 2.69. The van der Waals surface area contributed by atoms with Crippen molar-refractivity contribution >= 4 is 15.9 Å². The summed E-state index contributed by atoms with van der Waals surface area (Å²) in [5, 5.41) is 2.27. The molecule has 0 saturated carbocycles. The largest absolute Gasteiger partial charge is 0.379 e. The molecule has 1 saturated heterocycles. The van der Waals surface area contributed by atoms with E-state index in [-0.39, 0.29) is 43.3 Å². The molecule has 0 radical (unpaired) electrons. The molecule has 1 aliphatic heterocycles. The van der Waals surface area contributed by atoms with Crippen molar-refractivity contribution in [1.82, 2.24) is 9.62 Å². The van der Waals surface area contributed by atoms with E-state index in [4.69, 9.17) is 4.74 Å². The van der Waals surface area contributed by atoms with Crippen LogP contribution in [0.2, 0.25) is 0 Å². The summed E-state index contributed by atoms with van der Waals surface area (Å²) in [4.78, 5) is 12.1. The second kappa shape index (κ2) is 8.29. The Labute approximate surface area is 160 Å². The first kappa shape index (κ1) is 20.3. The molecule has 0 bridgehead atoms. The molecule has 0 aromatic heterocycles. The van der Waals surface area contributed by atoms with Gasteiger partial charge in [-0.25, -0.2) is 21.6 Å². The number of ether oxygens (including phenoxy) is 1. The Hall–Kier alpha value is -2.43. The number of nitrogens with one attached hydrogen (secondary N) is 1. The fourth-order valence-corrected chi connectivity index (χ4v) is 4.16. The number of sulfonamides is 1. The summed E-state index contributed by atoms with van der Waals surface area (Å²) in [6, 6.07) is 5.63. The highest BCUT2D eigenvalue weighted by molar-refractivity contribution is 7.89.